The van der Waals surface area contributed by atoms with Gasteiger partial charge in [-0.05, 0) is 33.6 Å². The van der Waals surface area contributed by atoms with Crippen molar-refractivity contribution in [1.29, 1.82) is 0 Å². The smallest absolute Gasteiger partial charge is 0.257 e. The van der Waals surface area contributed by atoms with Crippen LogP contribution in [0.3, 0.4) is 0 Å². The molecule has 4 heterocycles. The Morgan fingerprint density at radius 2 is 1.96 bits per heavy atom. The van der Waals surface area contributed by atoms with Gasteiger partial charge in [0.25, 0.3) is 5.88 Å². The molecule has 0 radical (unpaired) electrons. The highest BCUT2D eigenvalue weighted by Crippen LogP contribution is 2.34. The van der Waals surface area contributed by atoms with Crippen LogP contribution in [0, 0.1) is 13.8 Å². The Morgan fingerprint density at radius 1 is 1.15 bits per heavy atom. The molecule has 0 saturated carbocycles. The van der Waals surface area contributed by atoms with Crippen LogP contribution < -0.4 is 15.4 Å². The number of aromatic nitrogens is 4. The molecule has 0 aromatic carbocycles. The highest BCUT2D eigenvalue weighted by atomic mass is 16.5. The summed E-state index contributed by atoms with van der Waals surface area (Å²) >= 11 is 0. The van der Waals surface area contributed by atoms with Gasteiger partial charge in [0.05, 0.1) is 18.3 Å². The van der Waals surface area contributed by atoms with Gasteiger partial charge in [0.15, 0.2) is 0 Å². The second-order valence-corrected chi connectivity index (χ2v) is 7.09. The summed E-state index contributed by atoms with van der Waals surface area (Å²) in [6.45, 7) is 8.34. The van der Waals surface area contributed by atoms with Gasteiger partial charge >= 0.3 is 0 Å². The Morgan fingerprint density at radius 3 is 2.77 bits per heavy atom. The van der Waals surface area contributed by atoms with Crippen LogP contribution in [0.25, 0.3) is 0 Å². The normalized spacial score (nSPS) is 21.0. The van der Waals surface area contributed by atoms with Crippen molar-refractivity contribution in [3.63, 3.8) is 0 Å². The predicted octanol–water partition coefficient (Wildman–Crippen LogP) is 2.97. The fourth-order valence-corrected chi connectivity index (χ4v) is 3.42. The van der Waals surface area contributed by atoms with Gasteiger partial charge in [-0.3, -0.25) is 4.68 Å². The summed E-state index contributed by atoms with van der Waals surface area (Å²) in [7, 11) is 0. The molecule has 8 heteroatoms. The fraction of sp³-hybridized carbons (Fsp3) is 0.611. The van der Waals surface area contributed by atoms with E-state index in [1.807, 2.05) is 13.1 Å². The van der Waals surface area contributed by atoms with Crippen LogP contribution >= 0.6 is 0 Å². The Kier molecular flexibility index (Phi) is 4.67. The molecule has 0 amide bonds. The number of fused-ring (bicyclic) bond motifs is 3. The van der Waals surface area contributed by atoms with Gasteiger partial charge in [0, 0.05) is 37.4 Å². The van der Waals surface area contributed by atoms with Gasteiger partial charge in [-0.2, -0.15) is 4.98 Å². The third kappa shape index (κ3) is 3.33. The molecule has 0 aliphatic carbocycles. The van der Waals surface area contributed by atoms with Crippen molar-refractivity contribution < 1.29 is 9.47 Å². The molecule has 8 nitrogen and oxygen atoms in total. The molecule has 4 rings (SSSR count). The van der Waals surface area contributed by atoms with Crippen molar-refractivity contribution in [3.05, 3.63) is 17.5 Å². The lowest BCUT2D eigenvalue weighted by Gasteiger charge is -2.23. The van der Waals surface area contributed by atoms with E-state index in [9.17, 15) is 0 Å². The molecule has 1 atom stereocenters. The minimum absolute atomic E-state index is 0.247. The topological polar surface area (TPSA) is 86.1 Å². The van der Waals surface area contributed by atoms with Crippen LogP contribution in [-0.4, -0.2) is 45.6 Å². The van der Waals surface area contributed by atoms with Crippen LogP contribution in [0.15, 0.2) is 6.20 Å². The lowest BCUT2D eigenvalue weighted by atomic mass is 10.1. The number of anilines is 3. The molecular formula is C18H26N6O2. The zero-order valence-corrected chi connectivity index (χ0v) is 15.6. The van der Waals surface area contributed by atoms with Crippen molar-refractivity contribution in [2.75, 3.05) is 30.5 Å². The number of hydrogen-bond acceptors (Lipinski definition) is 7. The second-order valence-electron chi connectivity index (χ2n) is 7.09. The molecular weight excluding hydrogens is 332 g/mol. The molecule has 2 aromatic rings. The van der Waals surface area contributed by atoms with Gasteiger partial charge in [0.2, 0.25) is 5.95 Å². The number of ether oxygens (including phenoxy) is 2. The third-order valence-electron chi connectivity index (χ3n) is 5.04. The Hall–Kier alpha value is -2.35. The summed E-state index contributed by atoms with van der Waals surface area (Å²) in [6.07, 6.45) is 4.63. The molecule has 0 spiro atoms. The maximum atomic E-state index is 6.03. The summed E-state index contributed by atoms with van der Waals surface area (Å²) in [5.41, 5.74) is 2.91. The van der Waals surface area contributed by atoms with E-state index < -0.39 is 0 Å². The highest BCUT2D eigenvalue weighted by molar-refractivity contribution is 5.64. The molecule has 2 aromatic heterocycles. The Balaban J connectivity index is 1.72. The first kappa shape index (κ1) is 17.1. The van der Waals surface area contributed by atoms with Crippen molar-refractivity contribution in [2.45, 2.75) is 52.1 Å². The summed E-state index contributed by atoms with van der Waals surface area (Å²) in [5.74, 6) is 2.02. The maximum absolute atomic E-state index is 6.03. The fourth-order valence-electron chi connectivity index (χ4n) is 3.42. The van der Waals surface area contributed by atoms with Crippen molar-refractivity contribution >= 4 is 17.5 Å². The largest absolute Gasteiger partial charge is 0.475 e. The van der Waals surface area contributed by atoms with E-state index in [1.54, 1.807) is 0 Å². The van der Waals surface area contributed by atoms with E-state index in [2.05, 4.69) is 39.1 Å². The summed E-state index contributed by atoms with van der Waals surface area (Å²) in [5, 5.41) is 11.5. The zero-order valence-electron chi connectivity index (χ0n) is 15.6. The maximum Gasteiger partial charge on any atom is 0.257 e. The quantitative estimate of drug-likeness (QED) is 0.810. The van der Waals surface area contributed by atoms with Gasteiger partial charge in [-0.1, -0.05) is 0 Å². The van der Waals surface area contributed by atoms with Crippen molar-refractivity contribution in [3.8, 4) is 5.88 Å². The lowest BCUT2D eigenvalue weighted by Crippen LogP contribution is -2.22. The van der Waals surface area contributed by atoms with E-state index in [0.717, 1.165) is 55.2 Å². The Labute approximate surface area is 153 Å². The predicted molar refractivity (Wildman–Crippen MR) is 99.3 cm³/mol. The number of hydrogen-bond donors (Lipinski definition) is 2. The van der Waals surface area contributed by atoms with E-state index in [-0.39, 0.29) is 6.04 Å². The first-order valence-electron chi connectivity index (χ1n) is 9.28. The van der Waals surface area contributed by atoms with Gasteiger partial charge in [-0.25, -0.2) is 4.98 Å². The molecule has 2 bridgehead atoms. The number of aryl methyl sites for hydroxylation is 1. The molecule has 140 valence electrons. The monoisotopic (exact) mass is 358 g/mol. The third-order valence-corrected chi connectivity index (χ3v) is 5.04. The van der Waals surface area contributed by atoms with Crippen molar-refractivity contribution in [2.24, 2.45) is 0 Å². The zero-order chi connectivity index (χ0) is 18.1. The van der Waals surface area contributed by atoms with E-state index in [0.29, 0.717) is 24.5 Å². The first-order valence-corrected chi connectivity index (χ1v) is 9.28. The minimum atomic E-state index is 0.247. The molecule has 2 aliphatic rings. The minimum Gasteiger partial charge on any atom is -0.475 e. The standard InChI is InChI=1S/C18H26N6O2/c1-11-10-19-18-21-15-13(3)24(14-5-7-25-8-6-14)23-17(15)26-9-4-12(2)20-16(11)22-18/h10,12,14H,4-9H2,1-3H3,(H2,19,20,21,22). The summed E-state index contributed by atoms with van der Waals surface area (Å²) < 4.78 is 13.6. The molecule has 2 N–H and O–H groups in total. The molecule has 1 unspecified atom stereocenters. The van der Waals surface area contributed by atoms with Crippen LogP contribution in [0.4, 0.5) is 17.5 Å². The molecule has 1 fully saturated rings. The summed E-state index contributed by atoms with van der Waals surface area (Å²) in [4.78, 5) is 9.07. The number of nitrogens with one attached hydrogen (secondary N) is 2. The van der Waals surface area contributed by atoms with E-state index in [4.69, 9.17) is 14.6 Å². The first-order chi connectivity index (χ1) is 12.6. The van der Waals surface area contributed by atoms with Crippen LogP contribution in [0.1, 0.15) is 43.5 Å². The summed E-state index contributed by atoms with van der Waals surface area (Å²) in [6, 6.07) is 0.585. The number of rotatable bonds is 1. The second kappa shape index (κ2) is 7.11. The van der Waals surface area contributed by atoms with Gasteiger partial charge in [-0.15, -0.1) is 5.10 Å². The molecule has 26 heavy (non-hydrogen) atoms. The van der Waals surface area contributed by atoms with Gasteiger partial charge < -0.3 is 20.1 Å². The van der Waals surface area contributed by atoms with Crippen LogP contribution in [-0.2, 0) is 4.74 Å². The average Bonchev–Trinajstić information content (AvgIpc) is 2.93. The van der Waals surface area contributed by atoms with E-state index >= 15 is 0 Å². The Bertz CT molecular complexity index is 784. The van der Waals surface area contributed by atoms with Crippen LogP contribution in [0.2, 0.25) is 0 Å². The SMILES string of the molecule is Cc1cnc2nc1NC(C)CCOc1nn(C3CCOCC3)c(C)c1N2. The molecule has 1 saturated heterocycles. The number of nitrogens with zero attached hydrogens (tertiary/aromatic N) is 4. The van der Waals surface area contributed by atoms with Crippen LogP contribution in [0.5, 0.6) is 5.88 Å². The molecule has 2 aliphatic heterocycles. The van der Waals surface area contributed by atoms with E-state index in [1.165, 1.54) is 0 Å². The lowest BCUT2D eigenvalue weighted by molar-refractivity contribution is 0.0652. The highest BCUT2D eigenvalue weighted by Gasteiger charge is 2.25. The average molecular weight is 358 g/mol. The van der Waals surface area contributed by atoms with Crippen molar-refractivity contribution in [1.82, 2.24) is 19.7 Å². The van der Waals surface area contributed by atoms with Gasteiger partial charge in [0.1, 0.15) is 11.5 Å².